The highest BCUT2D eigenvalue weighted by molar-refractivity contribution is 5.08. The van der Waals surface area contributed by atoms with E-state index >= 15 is 0 Å². The summed E-state index contributed by atoms with van der Waals surface area (Å²) in [5, 5.41) is 0. The smallest absolute Gasteiger partial charge is 0.212 e. The van der Waals surface area contributed by atoms with Gasteiger partial charge in [0.2, 0.25) is 0 Å². The molecule has 0 aliphatic rings. The molecule has 0 aromatic heterocycles. The largest absolute Gasteiger partial charge is 0.414 e. The molecule has 0 fully saturated rings. The molecule has 0 aliphatic carbocycles. The van der Waals surface area contributed by atoms with Crippen LogP contribution < -0.4 is 0 Å². The molecule has 0 amide bonds. The molecule has 0 aliphatic heterocycles. The van der Waals surface area contributed by atoms with Crippen LogP contribution >= 0.6 is 0 Å². The molecular formula is C5H6F4. The minimum atomic E-state index is -4.52. The van der Waals surface area contributed by atoms with E-state index in [1.165, 1.54) is 0 Å². The first-order chi connectivity index (χ1) is 3.85. The Morgan fingerprint density at radius 3 is 1.44 bits per heavy atom. The molecule has 4 heteroatoms. The molecule has 0 unspecified atom stereocenters. The third kappa shape index (κ3) is 2.49. The Hall–Kier alpha value is -0.540. The van der Waals surface area contributed by atoms with Gasteiger partial charge in [-0.3, -0.25) is 0 Å². The van der Waals surface area contributed by atoms with Crippen molar-refractivity contribution >= 4 is 0 Å². The van der Waals surface area contributed by atoms with Gasteiger partial charge in [-0.15, -0.1) is 0 Å². The van der Waals surface area contributed by atoms with Gasteiger partial charge in [0.15, 0.2) is 0 Å². The minimum absolute atomic E-state index is 0.704. The van der Waals surface area contributed by atoms with Gasteiger partial charge in [-0.05, 0) is 13.8 Å². The molecule has 0 bridgehead atoms. The van der Waals surface area contributed by atoms with Crippen LogP contribution in [0, 0.1) is 0 Å². The van der Waals surface area contributed by atoms with Gasteiger partial charge in [0.1, 0.15) is 5.83 Å². The quantitative estimate of drug-likeness (QED) is 0.456. The van der Waals surface area contributed by atoms with Crippen molar-refractivity contribution in [1.82, 2.24) is 0 Å². The Balaban J connectivity index is 4.40. The molecule has 0 aromatic carbocycles. The molecule has 54 valence electrons. The SMILES string of the molecule is C/C(F)=C(\C)C(F)(F)F. The standard InChI is InChI=1S/C5H6F4/c1-3(4(2)6)5(7,8)9/h1-2H3/b4-3-. The van der Waals surface area contributed by atoms with E-state index in [0.29, 0.717) is 6.92 Å². The number of alkyl halides is 3. The summed E-state index contributed by atoms with van der Waals surface area (Å²) >= 11 is 0. The van der Waals surface area contributed by atoms with E-state index in [1.54, 1.807) is 0 Å². The van der Waals surface area contributed by atoms with Crippen LogP contribution in [0.5, 0.6) is 0 Å². The van der Waals surface area contributed by atoms with Gasteiger partial charge >= 0.3 is 6.18 Å². The molecule has 0 heterocycles. The summed E-state index contributed by atoms with van der Waals surface area (Å²) in [6.45, 7) is 1.48. The van der Waals surface area contributed by atoms with Crippen LogP contribution in [0.25, 0.3) is 0 Å². The lowest BCUT2D eigenvalue weighted by Gasteiger charge is -2.04. The van der Waals surface area contributed by atoms with Crippen LogP contribution in [0.3, 0.4) is 0 Å². The average molecular weight is 142 g/mol. The molecule has 0 radical (unpaired) electrons. The van der Waals surface area contributed by atoms with Crippen LogP contribution in [0.2, 0.25) is 0 Å². The van der Waals surface area contributed by atoms with Crippen molar-refractivity contribution in [2.45, 2.75) is 20.0 Å². The Labute approximate surface area is 50.2 Å². The summed E-state index contributed by atoms with van der Waals surface area (Å²) in [6.07, 6.45) is -4.52. The third-order valence-electron chi connectivity index (χ3n) is 0.942. The second-order valence-electron chi connectivity index (χ2n) is 1.66. The van der Waals surface area contributed by atoms with Crippen molar-refractivity contribution in [3.8, 4) is 0 Å². The highest BCUT2D eigenvalue weighted by Gasteiger charge is 2.31. The molecule has 0 rings (SSSR count). The number of allylic oxidation sites excluding steroid dienone is 2. The monoisotopic (exact) mass is 142 g/mol. The van der Waals surface area contributed by atoms with Gasteiger partial charge in [-0.1, -0.05) is 0 Å². The van der Waals surface area contributed by atoms with Crippen LogP contribution in [-0.2, 0) is 0 Å². The van der Waals surface area contributed by atoms with Crippen LogP contribution in [0.15, 0.2) is 11.4 Å². The van der Waals surface area contributed by atoms with Crippen LogP contribution in [0.4, 0.5) is 17.6 Å². The van der Waals surface area contributed by atoms with Crippen molar-refractivity contribution in [2.24, 2.45) is 0 Å². The van der Waals surface area contributed by atoms with E-state index < -0.39 is 17.6 Å². The highest BCUT2D eigenvalue weighted by Crippen LogP contribution is 2.27. The topological polar surface area (TPSA) is 0 Å². The minimum Gasteiger partial charge on any atom is -0.212 e. The van der Waals surface area contributed by atoms with E-state index in [1.807, 2.05) is 0 Å². The zero-order chi connectivity index (χ0) is 7.65. The van der Waals surface area contributed by atoms with Gasteiger partial charge < -0.3 is 0 Å². The first-order valence-corrected chi connectivity index (χ1v) is 2.26. The predicted octanol–water partition coefficient (Wildman–Crippen LogP) is 2.81. The van der Waals surface area contributed by atoms with Crippen molar-refractivity contribution < 1.29 is 17.6 Å². The lowest BCUT2D eigenvalue weighted by atomic mass is 10.3. The first-order valence-electron chi connectivity index (χ1n) is 2.26. The van der Waals surface area contributed by atoms with Crippen molar-refractivity contribution in [3.63, 3.8) is 0 Å². The normalized spacial score (nSPS) is 15.3. The maximum Gasteiger partial charge on any atom is 0.414 e. The molecule has 0 N–H and O–H groups in total. The van der Waals surface area contributed by atoms with E-state index in [2.05, 4.69) is 0 Å². The highest BCUT2D eigenvalue weighted by atomic mass is 19.4. The maximum atomic E-state index is 11.8. The molecule has 9 heavy (non-hydrogen) atoms. The summed E-state index contributed by atoms with van der Waals surface area (Å²) < 4.78 is 46.0. The molecule has 0 atom stereocenters. The summed E-state index contributed by atoms with van der Waals surface area (Å²) in [5.74, 6) is -1.18. The summed E-state index contributed by atoms with van der Waals surface area (Å²) in [5.41, 5.74) is -1.16. The first kappa shape index (κ1) is 8.46. The lowest BCUT2D eigenvalue weighted by molar-refractivity contribution is -0.0931. The van der Waals surface area contributed by atoms with E-state index in [-0.39, 0.29) is 0 Å². The molecular weight excluding hydrogens is 136 g/mol. The fourth-order valence-corrected chi connectivity index (χ4v) is 0.195. The summed E-state index contributed by atoms with van der Waals surface area (Å²) in [4.78, 5) is 0. The zero-order valence-corrected chi connectivity index (χ0v) is 5.01. The van der Waals surface area contributed by atoms with Crippen molar-refractivity contribution in [1.29, 1.82) is 0 Å². The van der Waals surface area contributed by atoms with Gasteiger partial charge in [-0.2, -0.15) is 13.2 Å². The van der Waals surface area contributed by atoms with Gasteiger partial charge in [0.25, 0.3) is 0 Å². The zero-order valence-electron chi connectivity index (χ0n) is 5.01. The predicted molar refractivity (Wildman–Crippen MR) is 25.5 cm³/mol. The van der Waals surface area contributed by atoms with Crippen LogP contribution in [0.1, 0.15) is 13.8 Å². The third-order valence-corrected chi connectivity index (χ3v) is 0.942. The van der Waals surface area contributed by atoms with E-state index in [0.717, 1.165) is 6.92 Å². The van der Waals surface area contributed by atoms with Crippen molar-refractivity contribution in [3.05, 3.63) is 11.4 Å². The second-order valence-corrected chi connectivity index (χ2v) is 1.66. The Kier molecular flexibility index (Phi) is 2.23. The fourth-order valence-electron chi connectivity index (χ4n) is 0.195. The Morgan fingerprint density at radius 2 is 1.44 bits per heavy atom. The lowest BCUT2D eigenvalue weighted by Crippen LogP contribution is -2.09. The van der Waals surface area contributed by atoms with E-state index in [9.17, 15) is 17.6 Å². The molecule has 0 saturated carbocycles. The summed E-state index contributed by atoms with van der Waals surface area (Å²) in [6, 6.07) is 0. The Bertz CT molecular complexity index is 126. The maximum absolute atomic E-state index is 11.8. The van der Waals surface area contributed by atoms with Crippen molar-refractivity contribution in [2.75, 3.05) is 0 Å². The molecule has 0 aromatic rings. The fraction of sp³-hybridized carbons (Fsp3) is 0.600. The van der Waals surface area contributed by atoms with Gasteiger partial charge in [-0.25, -0.2) is 4.39 Å². The Morgan fingerprint density at radius 1 is 1.11 bits per heavy atom. The number of hydrogen-bond acceptors (Lipinski definition) is 0. The second kappa shape index (κ2) is 2.37. The van der Waals surface area contributed by atoms with Gasteiger partial charge in [0, 0.05) is 0 Å². The number of halogens is 4. The average Bonchev–Trinajstić information content (AvgIpc) is 1.62. The van der Waals surface area contributed by atoms with E-state index in [4.69, 9.17) is 0 Å². The number of rotatable bonds is 0. The number of hydrogen-bond donors (Lipinski definition) is 0. The van der Waals surface area contributed by atoms with Crippen LogP contribution in [-0.4, -0.2) is 6.18 Å². The summed E-state index contributed by atoms with van der Waals surface area (Å²) in [7, 11) is 0. The van der Waals surface area contributed by atoms with Gasteiger partial charge in [0.05, 0.1) is 5.57 Å². The molecule has 0 nitrogen and oxygen atoms in total. The molecule has 0 saturated heterocycles. The molecule has 0 spiro atoms.